The van der Waals surface area contributed by atoms with E-state index in [1.54, 1.807) is 11.8 Å². The van der Waals surface area contributed by atoms with Crippen LogP contribution >= 0.6 is 0 Å². The van der Waals surface area contributed by atoms with Crippen LogP contribution in [0.25, 0.3) is 0 Å². The number of hydrogen-bond acceptors (Lipinski definition) is 6. The number of hydrogen-bond donors (Lipinski definition) is 1. The number of esters is 1. The van der Waals surface area contributed by atoms with E-state index in [1.807, 2.05) is 30.3 Å². The Kier molecular flexibility index (Phi) is 6.85. The molecule has 2 fully saturated rings. The van der Waals surface area contributed by atoms with Gasteiger partial charge >= 0.3 is 12.1 Å². The number of nitrogens with zero attached hydrogens (tertiary/aromatic N) is 1. The second-order valence-electron chi connectivity index (χ2n) is 7.29. The molecule has 1 aromatic rings. The Morgan fingerprint density at radius 1 is 1.14 bits per heavy atom. The molecule has 1 saturated heterocycles. The molecular weight excluding hydrogens is 376 g/mol. The predicted molar refractivity (Wildman–Crippen MR) is 103 cm³/mol. The summed E-state index contributed by atoms with van der Waals surface area (Å²) in [6.07, 6.45) is 0.625. The first-order chi connectivity index (χ1) is 14.0. The minimum absolute atomic E-state index is 0.00473. The van der Waals surface area contributed by atoms with E-state index in [0.29, 0.717) is 25.8 Å². The number of Topliss-reactive ketones (excluding diaryl/α,β-unsaturated/α-hetero) is 1. The monoisotopic (exact) mass is 402 g/mol. The normalized spacial score (nSPS) is 24.3. The highest BCUT2D eigenvalue weighted by atomic mass is 16.5. The Morgan fingerprint density at radius 3 is 2.62 bits per heavy atom. The number of carbonyl (C=O) groups excluding carboxylic acids is 4. The van der Waals surface area contributed by atoms with Crippen LogP contribution in [0.2, 0.25) is 0 Å². The highest BCUT2D eigenvalue weighted by Crippen LogP contribution is 2.31. The van der Waals surface area contributed by atoms with Crippen molar-refractivity contribution in [2.45, 2.75) is 51.3 Å². The summed E-state index contributed by atoms with van der Waals surface area (Å²) in [6.45, 7) is 2.46. The van der Waals surface area contributed by atoms with Gasteiger partial charge in [0, 0.05) is 25.4 Å². The average Bonchev–Trinajstić information content (AvgIpc) is 3.07. The maximum atomic E-state index is 12.8. The van der Waals surface area contributed by atoms with Gasteiger partial charge in [-0.1, -0.05) is 30.3 Å². The quantitative estimate of drug-likeness (QED) is 0.728. The molecule has 1 aliphatic carbocycles. The average molecular weight is 402 g/mol. The lowest BCUT2D eigenvalue weighted by Crippen LogP contribution is -2.51. The molecule has 3 rings (SSSR count). The van der Waals surface area contributed by atoms with Crippen molar-refractivity contribution in [3.63, 3.8) is 0 Å². The predicted octanol–water partition coefficient (Wildman–Crippen LogP) is 1.81. The topological polar surface area (TPSA) is 102 Å². The number of likely N-dealkylation sites (tertiary alicyclic amines) is 1. The van der Waals surface area contributed by atoms with Crippen molar-refractivity contribution in [2.75, 3.05) is 13.2 Å². The largest absolute Gasteiger partial charge is 0.466 e. The maximum Gasteiger partial charge on any atom is 0.408 e. The summed E-state index contributed by atoms with van der Waals surface area (Å²) < 4.78 is 10.3. The first kappa shape index (κ1) is 20.8. The molecule has 0 bridgehead atoms. The van der Waals surface area contributed by atoms with Crippen molar-refractivity contribution in [1.29, 1.82) is 0 Å². The molecule has 8 heteroatoms. The minimum Gasteiger partial charge on any atom is -0.466 e. The zero-order valence-corrected chi connectivity index (χ0v) is 16.5. The highest BCUT2D eigenvalue weighted by Gasteiger charge is 2.45. The van der Waals surface area contributed by atoms with Crippen LogP contribution in [0.5, 0.6) is 0 Å². The Bertz CT molecular complexity index is 766. The number of alkyl carbamates (subject to hydrolysis) is 1. The number of carbonyl (C=O) groups is 4. The van der Waals surface area contributed by atoms with E-state index in [-0.39, 0.29) is 37.4 Å². The summed E-state index contributed by atoms with van der Waals surface area (Å²) in [5.41, 5.74) is 0.853. The van der Waals surface area contributed by atoms with E-state index in [9.17, 15) is 19.2 Å². The Labute approximate surface area is 169 Å². The molecule has 8 nitrogen and oxygen atoms in total. The van der Waals surface area contributed by atoms with Crippen molar-refractivity contribution >= 4 is 23.8 Å². The van der Waals surface area contributed by atoms with Crippen LogP contribution in [0.4, 0.5) is 4.79 Å². The third-order valence-corrected chi connectivity index (χ3v) is 5.37. The van der Waals surface area contributed by atoms with Gasteiger partial charge in [0.25, 0.3) is 0 Å². The lowest BCUT2D eigenvalue weighted by Gasteiger charge is -2.36. The Hall–Kier alpha value is -2.90. The summed E-state index contributed by atoms with van der Waals surface area (Å²) in [5.74, 6) is -1.35. The smallest absolute Gasteiger partial charge is 0.408 e. The molecule has 3 atom stereocenters. The van der Waals surface area contributed by atoms with Crippen LogP contribution in [0.3, 0.4) is 0 Å². The van der Waals surface area contributed by atoms with Crippen LogP contribution in [0.15, 0.2) is 30.3 Å². The van der Waals surface area contributed by atoms with Gasteiger partial charge in [0.2, 0.25) is 5.91 Å². The summed E-state index contributed by atoms with van der Waals surface area (Å²) in [6, 6.07) is 8.18. The van der Waals surface area contributed by atoms with E-state index in [1.165, 1.54) is 0 Å². The van der Waals surface area contributed by atoms with E-state index in [0.717, 1.165) is 5.56 Å². The van der Waals surface area contributed by atoms with Crippen LogP contribution in [-0.2, 0) is 30.5 Å². The molecule has 1 N–H and O–H groups in total. The highest BCUT2D eigenvalue weighted by molar-refractivity contribution is 5.90. The van der Waals surface area contributed by atoms with Crippen LogP contribution < -0.4 is 5.32 Å². The fraction of sp³-hybridized carbons (Fsp3) is 0.524. The first-order valence-electron chi connectivity index (χ1n) is 9.95. The number of benzene rings is 1. The molecule has 1 heterocycles. The molecule has 0 aromatic heterocycles. The summed E-state index contributed by atoms with van der Waals surface area (Å²) >= 11 is 0. The molecule has 2 amide bonds. The number of ketones is 1. The van der Waals surface area contributed by atoms with Crippen molar-refractivity contribution in [1.82, 2.24) is 10.2 Å². The van der Waals surface area contributed by atoms with Gasteiger partial charge in [0.1, 0.15) is 18.4 Å². The molecule has 0 radical (unpaired) electrons. The van der Waals surface area contributed by atoms with Gasteiger partial charge in [0.15, 0.2) is 0 Å². The zero-order valence-electron chi connectivity index (χ0n) is 16.5. The molecule has 0 spiro atoms. The standard InChI is InChI=1S/C21H26N2O6/c1-2-28-20(26)16-12-15(24)8-9-18(16)23-11-10-17(19(23)25)22-21(27)29-13-14-6-4-3-5-7-14/h3-7,16-18H,2,8-13H2,1H3,(H,22,27)/t16-,17+,18+/m1/s1. The number of nitrogens with one attached hydrogen (secondary N) is 1. The summed E-state index contributed by atoms with van der Waals surface area (Å²) in [7, 11) is 0. The van der Waals surface area contributed by atoms with Crippen molar-refractivity contribution in [3.05, 3.63) is 35.9 Å². The lowest BCUT2D eigenvalue weighted by atomic mass is 9.83. The van der Waals surface area contributed by atoms with Crippen LogP contribution in [0.1, 0.15) is 38.2 Å². The molecule has 1 saturated carbocycles. The second-order valence-corrected chi connectivity index (χ2v) is 7.29. The van der Waals surface area contributed by atoms with E-state index in [2.05, 4.69) is 5.32 Å². The van der Waals surface area contributed by atoms with Gasteiger partial charge in [0.05, 0.1) is 12.5 Å². The van der Waals surface area contributed by atoms with Gasteiger partial charge in [-0.25, -0.2) is 4.79 Å². The fourth-order valence-corrected chi connectivity index (χ4v) is 3.93. The molecule has 1 aliphatic heterocycles. The van der Waals surface area contributed by atoms with Crippen LogP contribution in [0, 0.1) is 5.92 Å². The van der Waals surface area contributed by atoms with Gasteiger partial charge in [-0.05, 0) is 25.3 Å². The SMILES string of the molecule is CCOC(=O)[C@@H]1CC(=O)CC[C@@H]1N1CC[C@H](NC(=O)OCc2ccccc2)C1=O. The molecule has 2 aliphatic rings. The third kappa shape index (κ3) is 5.13. The van der Waals surface area contributed by atoms with Crippen molar-refractivity contribution in [3.8, 4) is 0 Å². The second kappa shape index (κ2) is 9.54. The number of amides is 2. The number of ether oxygens (including phenoxy) is 2. The number of rotatable bonds is 6. The van der Waals surface area contributed by atoms with Crippen LogP contribution in [-0.4, -0.2) is 53.9 Å². The molecule has 1 aromatic carbocycles. The molecule has 156 valence electrons. The summed E-state index contributed by atoms with van der Waals surface area (Å²) in [5, 5.41) is 2.61. The van der Waals surface area contributed by atoms with E-state index < -0.39 is 24.0 Å². The van der Waals surface area contributed by atoms with Gasteiger partial charge in [-0.15, -0.1) is 0 Å². The van der Waals surface area contributed by atoms with E-state index >= 15 is 0 Å². The first-order valence-corrected chi connectivity index (χ1v) is 9.95. The third-order valence-electron chi connectivity index (χ3n) is 5.37. The Balaban J connectivity index is 1.57. The maximum absolute atomic E-state index is 12.8. The summed E-state index contributed by atoms with van der Waals surface area (Å²) in [4.78, 5) is 50.7. The van der Waals surface area contributed by atoms with Gasteiger partial charge in [-0.3, -0.25) is 14.4 Å². The Morgan fingerprint density at radius 2 is 1.90 bits per heavy atom. The van der Waals surface area contributed by atoms with Crippen molar-refractivity contribution < 1.29 is 28.7 Å². The zero-order chi connectivity index (χ0) is 20.8. The van der Waals surface area contributed by atoms with E-state index in [4.69, 9.17) is 9.47 Å². The molecule has 29 heavy (non-hydrogen) atoms. The fourth-order valence-electron chi connectivity index (χ4n) is 3.93. The van der Waals surface area contributed by atoms with Crippen molar-refractivity contribution in [2.24, 2.45) is 5.92 Å². The minimum atomic E-state index is -0.696. The van der Waals surface area contributed by atoms with Gasteiger partial charge in [-0.2, -0.15) is 0 Å². The van der Waals surface area contributed by atoms with Gasteiger partial charge < -0.3 is 19.7 Å². The lowest BCUT2D eigenvalue weighted by molar-refractivity contribution is -0.155. The molecular formula is C21H26N2O6. The molecule has 0 unspecified atom stereocenters.